The number of nitrogens with one attached hydrogen (secondary N) is 2. The number of hydrogen-bond donors (Lipinski definition) is 2. The van der Waals surface area contributed by atoms with Gasteiger partial charge in [-0.15, -0.1) is 0 Å². The molecule has 1 fully saturated rings. The first kappa shape index (κ1) is 22.3. The maximum atomic E-state index is 12.9. The second-order valence-electron chi connectivity index (χ2n) is 8.32. The maximum absolute atomic E-state index is 12.9. The first-order chi connectivity index (χ1) is 15.4. The van der Waals surface area contributed by atoms with Crippen LogP contribution in [0.25, 0.3) is 10.9 Å². The second-order valence-corrected chi connectivity index (χ2v) is 8.71. The van der Waals surface area contributed by atoms with E-state index < -0.39 is 0 Å². The Labute approximate surface area is 193 Å². The van der Waals surface area contributed by atoms with Crippen molar-refractivity contribution >= 4 is 33.9 Å². The van der Waals surface area contributed by atoms with Crippen molar-refractivity contribution < 1.29 is 9.47 Å². The van der Waals surface area contributed by atoms with Crippen LogP contribution in [0.3, 0.4) is 0 Å². The van der Waals surface area contributed by atoms with Gasteiger partial charge < -0.3 is 24.7 Å². The predicted octanol–water partition coefficient (Wildman–Crippen LogP) is 4.53. The number of thiocarbonyl (C=S) groups is 1. The zero-order chi connectivity index (χ0) is 22.7. The Bertz CT molecular complexity index is 1170. The molecule has 168 valence electrons. The van der Waals surface area contributed by atoms with Crippen molar-refractivity contribution in [3.63, 3.8) is 0 Å². The van der Waals surface area contributed by atoms with Crippen LogP contribution < -0.4 is 15.6 Å². The largest absolute Gasteiger partial charge is 0.497 e. The maximum Gasteiger partial charge on any atom is 0.253 e. The van der Waals surface area contributed by atoms with Crippen LogP contribution in [0.1, 0.15) is 29.5 Å². The molecule has 0 spiro atoms. The Kier molecular flexibility index (Phi) is 6.77. The lowest BCUT2D eigenvalue weighted by atomic mass is 10.0. The number of benzene rings is 2. The lowest BCUT2D eigenvalue weighted by Crippen LogP contribution is -2.40. The van der Waals surface area contributed by atoms with Crippen LogP contribution in [0.5, 0.6) is 5.75 Å². The van der Waals surface area contributed by atoms with Crippen molar-refractivity contribution in [2.24, 2.45) is 0 Å². The number of anilines is 1. The van der Waals surface area contributed by atoms with Gasteiger partial charge in [-0.05, 0) is 97.9 Å². The van der Waals surface area contributed by atoms with E-state index in [1.165, 1.54) is 5.56 Å². The van der Waals surface area contributed by atoms with Gasteiger partial charge in [0.25, 0.3) is 5.56 Å². The summed E-state index contributed by atoms with van der Waals surface area (Å²) in [5.74, 6) is 0.783. The Morgan fingerprint density at radius 2 is 1.97 bits per heavy atom. The summed E-state index contributed by atoms with van der Waals surface area (Å²) in [6, 6.07) is 13.7. The van der Waals surface area contributed by atoms with Gasteiger partial charge in [0.2, 0.25) is 0 Å². The van der Waals surface area contributed by atoms with Crippen molar-refractivity contribution in [2.75, 3.05) is 25.6 Å². The number of rotatable bonds is 6. The number of aromatic amines is 1. The molecule has 1 aliphatic rings. The molecule has 2 aromatic carbocycles. The molecule has 7 heteroatoms. The third kappa shape index (κ3) is 5.11. The molecule has 0 saturated carbocycles. The van der Waals surface area contributed by atoms with Crippen molar-refractivity contribution in [1.29, 1.82) is 0 Å². The average Bonchev–Trinajstić information content (AvgIpc) is 3.29. The van der Waals surface area contributed by atoms with Crippen LogP contribution in [-0.2, 0) is 11.3 Å². The zero-order valence-electron chi connectivity index (χ0n) is 18.7. The second kappa shape index (κ2) is 9.71. The van der Waals surface area contributed by atoms with E-state index in [4.69, 9.17) is 21.7 Å². The highest BCUT2D eigenvalue weighted by Gasteiger charge is 2.22. The highest BCUT2D eigenvalue weighted by Crippen LogP contribution is 2.20. The van der Waals surface area contributed by atoms with Crippen LogP contribution in [0.2, 0.25) is 0 Å². The van der Waals surface area contributed by atoms with Gasteiger partial charge in [0.05, 0.1) is 19.8 Å². The minimum absolute atomic E-state index is 0.0923. The lowest BCUT2D eigenvalue weighted by Gasteiger charge is -2.28. The highest BCUT2D eigenvalue weighted by atomic mass is 32.1. The molecule has 0 radical (unpaired) electrons. The highest BCUT2D eigenvalue weighted by molar-refractivity contribution is 7.80. The first-order valence-corrected chi connectivity index (χ1v) is 11.3. The molecule has 1 aliphatic heterocycles. The van der Waals surface area contributed by atoms with E-state index in [9.17, 15) is 4.79 Å². The number of nitrogens with zero attached hydrogens (tertiary/aromatic N) is 1. The van der Waals surface area contributed by atoms with Gasteiger partial charge in [-0.2, -0.15) is 0 Å². The zero-order valence-corrected chi connectivity index (χ0v) is 19.6. The third-order valence-electron chi connectivity index (χ3n) is 5.97. The van der Waals surface area contributed by atoms with Gasteiger partial charge in [0.1, 0.15) is 5.75 Å². The monoisotopic (exact) mass is 451 g/mol. The van der Waals surface area contributed by atoms with Crippen molar-refractivity contribution in [2.45, 2.75) is 39.3 Å². The van der Waals surface area contributed by atoms with Gasteiger partial charge in [0, 0.05) is 29.9 Å². The molecule has 32 heavy (non-hydrogen) atoms. The lowest BCUT2D eigenvalue weighted by molar-refractivity contribution is 0.0904. The minimum Gasteiger partial charge on any atom is -0.497 e. The summed E-state index contributed by atoms with van der Waals surface area (Å²) < 4.78 is 11.1. The summed E-state index contributed by atoms with van der Waals surface area (Å²) >= 11 is 5.75. The molecule has 3 aromatic rings. The van der Waals surface area contributed by atoms with E-state index >= 15 is 0 Å². The molecule has 6 nitrogen and oxygen atoms in total. The van der Waals surface area contributed by atoms with Gasteiger partial charge in [-0.25, -0.2) is 0 Å². The summed E-state index contributed by atoms with van der Waals surface area (Å²) in [5.41, 5.74) is 4.66. The molecule has 1 atom stereocenters. The Hall–Kier alpha value is -2.90. The van der Waals surface area contributed by atoms with E-state index in [0.29, 0.717) is 23.8 Å². The molecule has 0 aliphatic carbocycles. The van der Waals surface area contributed by atoms with Gasteiger partial charge in [-0.3, -0.25) is 4.79 Å². The van der Waals surface area contributed by atoms with E-state index in [0.717, 1.165) is 47.4 Å². The topological polar surface area (TPSA) is 66.6 Å². The number of fused-ring (bicyclic) bond motifs is 1. The number of ether oxygens (including phenoxy) is 2. The summed E-state index contributed by atoms with van der Waals surface area (Å²) in [6.07, 6.45) is 2.15. The van der Waals surface area contributed by atoms with E-state index in [1.807, 2.05) is 48.2 Å². The summed E-state index contributed by atoms with van der Waals surface area (Å²) in [6.45, 7) is 5.93. The molecule has 2 N–H and O–H groups in total. The molecule has 2 heterocycles. The van der Waals surface area contributed by atoms with E-state index in [2.05, 4.69) is 23.3 Å². The molecule has 0 bridgehead atoms. The fourth-order valence-corrected chi connectivity index (χ4v) is 4.23. The van der Waals surface area contributed by atoms with Crippen LogP contribution in [0.15, 0.2) is 47.3 Å². The molecule has 0 amide bonds. The first-order valence-electron chi connectivity index (χ1n) is 10.9. The van der Waals surface area contributed by atoms with Crippen molar-refractivity contribution in [1.82, 2.24) is 9.88 Å². The summed E-state index contributed by atoms with van der Waals surface area (Å²) in [4.78, 5) is 17.9. The molecule has 1 aromatic heterocycles. The third-order valence-corrected chi connectivity index (χ3v) is 6.33. The Morgan fingerprint density at radius 3 is 2.66 bits per heavy atom. The van der Waals surface area contributed by atoms with Gasteiger partial charge in [-0.1, -0.05) is 0 Å². The van der Waals surface area contributed by atoms with E-state index in [-0.39, 0.29) is 11.7 Å². The van der Waals surface area contributed by atoms with Gasteiger partial charge >= 0.3 is 0 Å². The molecule has 1 saturated heterocycles. The normalized spacial score (nSPS) is 15.7. The van der Waals surface area contributed by atoms with Crippen LogP contribution >= 0.6 is 12.2 Å². The number of aryl methyl sites for hydroxylation is 2. The summed E-state index contributed by atoms with van der Waals surface area (Å²) in [7, 11) is 1.64. The fourth-order valence-electron chi connectivity index (χ4n) is 3.98. The Balaban J connectivity index is 1.59. The van der Waals surface area contributed by atoms with E-state index in [1.54, 1.807) is 7.11 Å². The average molecular weight is 452 g/mol. The number of H-pyrrole nitrogens is 1. The van der Waals surface area contributed by atoms with Crippen LogP contribution in [-0.4, -0.2) is 41.4 Å². The van der Waals surface area contributed by atoms with Crippen molar-refractivity contribution in [3.05, 3.63) is 69.5 Å². The quantitative estimate of drug-likeness (QED) is 0.537. The smallest absolute Gasteiger partial charge is 0.253 e. The van der Waals surface area contributed by atoms with Gasteiger partial charge in [0.15, 0.2) is 5.11 Å². The number of hydrogen-bond acceptors (Lipinski definition) is 4. The number of aromatic nitrogens is 1. The minimum atomic E-state index is -0.0923. The standard InChI is InChI=1S/C25H29N3O3S/c1-16-11-18-13-19(24(29)27-23(18)12-17(16)2)14-28(15-22-5-4-10-31-22)25(32)26-20-6-8-21(30-3)9-7-20/h6-9,11-13,22H,4-5,10,14-15H2,1-3H3,(H,26,32)(H,27,29). The van der Waals surface area contributed by atoms with Crippen molar-refractivity contribution in [3.8, 4) is 5.75 Å². The molecular formula is C25H29N3O3S. The summed E-state index contributed by atoms with van der Waals surface area (Å²) in [5, 5.41) is 4.88. The Morgan fingerprint density at radius 1 is 1.22 bits per heavy atom. The van der Waals surface area contributed by atoms with Crippen LogP contribution in [0, 0.1) is 13.8 Å². The molecule has 4 rings (SSSR count). The number of methoxy groups -OCH3 is 1. The molecular weight excluding hydrogens is 422 g/mol. The number of pyridine rings is 1. The van der Waals surface area contributed by atoms with Crippen LogP contribution in [0.4, 0.5) is 5.69 Å². The molecule has 1 unspecified atom stereocenters. The SMILES string of the molecule is COc1ccc(NC(=S)N(Cc2cc3cc(C)c(C)cc3[nH]c2=O)CC2CCCO2)cc1. The predicted molar refractivity (Wildman–Crippen MR) is 133 cm³/mol. The fraction of sp³-hybridized carbons (Fsp3) is 0.360.